The summed E-state index contributed by atoms with van der Waals surface area (Å²) in [6, 6.07) is 0. The maximum Gasteiger partial charge on any atom is 0.314 e. The average molecular weight is 184 g/mol. The molecule has 0 unspecified atom stereocenters. The summed E-state index contributed by atoms with van der Waals surface area (Å²) < 4.78 is 0. The highest BCUT2D eigenvalue weighted by Crippen LogP contribution is 2.29. The third kappa shape index (κ3) is 2.54. The lowest BCUT2D eigenvalue weighted by Gasteiger charge is -2.25. The van der Waals surface area contributed by atoms with Gasteiger partial charge < -0.3 is 5.11 Å². The van der Waals surface area contributed by atoms with Crippen molar-refractivity contribution in [3.63, 3.8) is 0 Å². The topological polar surface area (TPSA) is 54.4 Å². The van der Waals surface area contributed by atoms with E-state index in [1.54, 1.807) is 0 Å². The second-order valence-electron chi connectivity index (χ2n) is 3.79. The number of Topliss-reactive ketones (excluding diaryl/α,β-unsaturated/α-hetero) is 1. The van der Waals surface area contributed by atoms with Crippen LogP contribution in [0.2, 0.25) is 0 Å². The fourth-order valence-electron chi connectivity index (χ4n) is 2.01. The number of carbonyl (C=O) groups excluding carboxylic acids is 1. The third-order valence-corrected chi connectivity index (χ3v) is 2.75. The van der Waals surface area contributed by atoms with Gasteiger partial charge in [-0.25, -0.2) is 0 Å². The molecule has 0 aromatic heterocycles. The van der Waals surface area contributed by atoms with Crippen LogP contribution < -0.4 is 0 Å². The van der Waals surface area contributed by atoms with Crippen molar-refractivity contribution in [3.05, 3.63) is 0 Å². The molecule has 0 aliphatic heterocycles. The molecule has 0 aromatic carbocycles. The maximum atomic E-state index is 11.2. The van der Waals surface area contributed by atoms with Gasteiger partial charge in [-0.05, 0) is 18.8 Å². The van der Waals surface area contributed by atoms with E-state index in [0.717, 1.165) is 19.3 Å². The number of carboxylic acid groups (broad SMARTS) is 1. The van der Waals surface area contributed by atoms with E-state index in [1.165, 1.54) is 0 Å². The quantitative estimate of drug-likeness (QED) is 0.681. The molecular weight excluding hydrogens is 168 g/mol. The van der Waals surface area contributed by atoms with Gasteiger partial charge in [-0.3, -0.25) is 9.59 Å². The third-order valence-electron chi connectivity index (χ3n) is 2.75. The van der Waals surface area contributed by atoms with E-state index < -0.39 is 11.9 Å². The number of hydrogen-bond donors (Lipinski definition) is 1. The zero-order valence-electron chi connectivity index (χ0n) is 7.95. The molecule has 74 valence electrons. The van der Waals surface area contributed by atoms with Crippen molar-refractivity contribution in [3.8, 4) is 0 Å². The van der Waals surface area contributed by atoms with Crippen LogP contribution in [-0.2, 0) is 9.59 Å². The Labute approximate surface area is 78.1 Å². The van der Waals surface area contributed by atoms with Gasteiger partial charge in [0, 0.05) is 6.42 Å². The average Bonchev–Trinajstić information content (AvgIpc) is 2.08. The van der Waals surface area contributed by atoms with E-state index in [9.17, 15) is 9.59 Å². The minimum Gasteiger partial charge on any atom is -0.481 e. The van der Waals surface area contributed by atoms with Crippen molar-refractivity contribution in [2.45, 2.75) is 39.0 Å². The lowest BCUT2D eigenvalue weighted by Crippen LogP contribution is -2.30. The molecule has 0 aromatic rings. The molecule has 1 saturated carbocycles. The Bertz CT molecular complexity index is 210. The highest BCUT2D eigenvalue weighted by molar-refractivity contribution is 5.98. The predicted octanol–water partition coefficient (Wildman–Crippen LogP) is 1.86. The Hall–Kier alpha value is -0.860. The lowest BCUT2D eigenvalue weighted by atomic mass is 9.79. The molecule has 1 rings (SSSR count). The van der Waals surface area contributed by atoms with Crippen molar-refractivity contribution >= 4 is 11.8 Å². The van der Waals surface area contributed by atoms with Gasteiger partial charge in [0.1, 0.15) is 11.7 Å². The standard InChI is InChI=1S/C10H16O3/c1-2-3-7-4-5-9(11)8(6-7)10(12)13/h7-8H,2-6H2,1H3,(H,12,13)/t7-,8+/m1/s1. The maximum absolute atomic E-state index is 11.2. The van der Waals surface area contributed by atoms with E-state index in [0.29, 0.717) is 18.8 Å². The molecule has 0 heterocycles. The van der Waals surface area contributed by atoms with Crippen molar-refractivity contribution < 1.29 is 14.7 Å². The van der Waals surface area contributed by atoms with E-state index in [-0.39, 0.29) is 5.78 Å². The first-order valence-corrected chi connectivity index (χ1v) is 4.90. The van der Waals surface area contributed by atoms with Crippen LogP contribution in [0.3, 0.4) is 0 Å². The molecule has 3 heteroatoms. The lowest BCUT2D eigenvalue weighted by molar-refractivity contribution is -0.148. The van der Waals surface area contributed by atoms with Crippen LogP contribution in [-0.4, -0.2) is 16.9 Å². The molecule has 0 saturated heterocycles. The van der Waals surface area contributed by atoms with Crippen molar-refractivity contribution in [2.75, 3.05) is 0 Å². The molecule has 1 aliphatic rings. The summed E-state index contributed by atoms with van der Waals surface area (Å²) in [5.41, 5.74) is 0. The highest BCUT2D eigenvalue weighted by atomic mass is 16.4. The number of carbonyl (C=O) groups is 2. The smallest absolute Gasteiger partial charge is 0.314 e. The summed E-state index contributed by atoms with van der Waals surface area (Å²) in [6.45, 7) is 2.09. The Morgan fingerprint density at radius 2 is 2.31 bits per heavy atom. The molecule has 1 N–H and O–H groups in total. The molecule has 13 heavy (non-hydrogen) atoms. The number of ketones is 1. The summed E-state index contributed by atoms with van der Waals surface area (Å²) in [4.78, 5) is 21.9. The first-order chi connectivity index (χ1) is 6.15. The Balaban J connectivity index is 2.52. The first-order valence-electron chi connectivity index (χ1n) is 4.90. The Kier molecular flexibility index (Phi) is 3.46. The van der Waals surface area contributed by atoms with Crippen LogP contribution in [0, 0.1) is 11.8 Å². The van der Waals surface area contributed by atoms with Crippen LogP contribution in [0.25, 0.3) is 0 Å². The zero-order chi connectivity index (χ0) is 9.84. The minimum atomic E-state index is -0.939. The fourth-order valence-corrected chi connectivity index (χ4v) is 2.01. The van der Waals surface area contributed by atoms with Crippen LogP contribution in [0.4, 0.5) is 0 Å². The first kappa shape index (κ1) is 10.2. The van der Waals surface area contributed by atoms with Crippen LogP contribution in [0.5, 0.6) is 0 Å². The molecule has 0 spiro atoms. The van der Waals surface area contributed by atoms with E-state index >= 15 is 0 Å². The van der Waals surface area contributed by atoms with Gasteiger partial charge in [0.05, 0.1) is 0 Å². The van der Waals surface area contributed by atoms with Crippen LogP contribution in [0.15, 0.2) is 0 Å². The molecule has 1 aliphatic carbocycles. The Morgan fingerprint density at radius 1 is 1.62 bits per heavy atom. The minimum absolute atomic E-state index is 0.0835. The second-order valence-corrected chi connectivity index (χ2v) is 3.79. The number of hydrogen-bond acceptors (Lipinski definition) is 2. The molecule has 1 fully saturated rings. The molecule has 2 atom stereocenters. The molecule has 0 radical (unpaired) electrons. The van der Waals surface area contributed by atoms with Gasteiger partial charge in [-0.15, -0.1) is 0 Å². The monoisotopic (exact) mass is 184 g/mol. The molecule has 3 nitrogen and oxygen atoms in total. The number of aliphatic carboxylic acids is 1. The van der Waals surface area contributed by atoms with Gasteiger partial charge in [0.2, 0.25) is 0 Å². The van der Waals surface area contributed by atoms with Gasteiger partial charge in [-0.1, -0.05) is 19.8 Å². The summed E-state index contributed by atoms with van der Waals surface area (Å²) in [5.74, 6) is -1.29. The van der Waals surface area contributed by atoms with E-state index in [2.05, 4.69) is 6.92 Å². The van der Waals surface area contributed by atoms with Crippen molar-refractivity contribution in [1.29, 1.82) is 0 Å². The van der Waals surface area contributed by atoms with Gasteiger partial charge in [0.15, 0.2) is 0 Å². The summed E-state index contributed by atoms with van der Waals surface area (Å²) in [6.07, 6.45) is 4.03. The highest BCUT2D eigenvalue weighted by Gasteiger charge is 2.33. The van der Waals surface area contributed by atoms with Gasteiger partial charge in [-0.2, -0.15) is 0 Å². The van der Waals surface area contributed by atoms with E-state index in [1.807, 2.05) is 0 Å². The normalized spacial score (nSPS) is 28.8. The summed E-state index contributed by atoms with van der Waals surface area (Å²) >= 11 is 0. The fraction of sp³-hybridized carbons (Fsp3) is 0.800. The van der Waals surface area contributed by atoms with Crippen LogP contribution in [0.1, 0.15) is 39.0 Å². The molecular formula is C10H16O3. The van der Waals surface area contributed by atoms with Gasteiger partial charge >= 0.3 is 5.97 Å². The van der Waals surface area contributed by atoms with E-state index in [4.69, 9.17) is 5.11 Å². The SMILES string of the molecule is CCC[C@@H]1CCC(=O)[C@@H](C(=O)O)C1. The van der Waals surface area contributed by atoms with Gasteiger partial charge in [0.25, 0.3) is 0 Å². The second kappa shape index (κ2) is 4.40. The number of carboxylic acids is 1. The Morgan fingerprint density at radius 3 is 2.85 bits per heavy atom. The van der Waals surface area contributed by atoms with Crippen LogP contribution >= 0.6 is 0 Å². The molecule has 0 bridgehead atoms. The summed E-state index contributed by atoms with van der Waals surface area (Å²) in [5, 5.41) is 8.77. The largest absolute Gasteiger partial charge is 0.481 e. The van der Waals surface area contributed by atoms with Crippen molar-refractivity contribution in [1.82, 2.24) is 0 Å². The summed E-state index contributed by atoms with van der Waals surface area (Å²) in [7, 11) is 0. The van der Waals surface area contributed by atoms with Crippen molar-refractivity contribution in [2.24, 2.45) is 11.8 Å². The zero-order valence-corrected chi connectivity index (χ0v) is 7.95. The predicted molar refractivity (Wildman–Crippen MR) is 48.4 cm³/mol. The molecule has 0 amide bonds. The number of rotatable bonds is 3.